The van der Waals surface area contributed by atoms with Crippen molar-refractivity contribution in [3.63, 3.8) is 0 Å². The maximum absolute atomic E-state index is 6.14. The number of rotatable bonds is 5. The zero-order valence-corrected chi connectivity index (χ0v) is 12.0. The highest BCUT2D eigenvalue weighted by Crippen LogP contribution is 2.29. The summed E-state index contributed by atoms with van der Waals surface area (Å²) in [6, 6.07) is 8.20. The van der Waals surface area contributed by atoms with Crippen molar-refractivity contribution in [1.29, 1.82) is 0 Å². The average Bonchev–Trinajstić information content (AvgIpc) is 2.79. The lowest BCUT2D eigenvalue weighted by Gasteiger charge is -2.14. The van der Waals surface area contributed by atoms with E-state index in [-0.39, 0.29) is 6.04 Å². The predicted octanol–water partition coefficient (Wildman–Crippen LogP) is 3.13. The third-order valence-electron chi connectivity index (χ3n) is 2.72. The number of halogens is 1. The van der Waals surface area contributed by atoms with Gasteiger partial charge in [0, 0.05) is 35.5 Å². The smallest absolute Gasteiger partial charge is 0.0541 e. The van der Waals surface area contributed by atoms with E-state index in [0.29, 0.717) is 0 Å². The first-order valence-electron chi connectivity index (χ1n) is 5.74. The van der Waals surface area contributed by atoms with Crippen LogP contribution in [0.2, 0.25) is 5.02 Å². The second-order valence-corrected chi connectivity index (χ2v) is 5.50. The lowest BCUT2D eigenvalue weighted by Crippen LogP contribution is -2.18. The Morgan fingerprint density at radius 2 is 2.22 bits per heavy atom. The van der Waals surface area contributed by atoms with Gasteiger partial charge in [-0.2, -0.15) is 5.10 Å². The monoisotopic (exact) mass is 281 g/mol. The molecule has 1 aromatic heterocycles. The standard InChI is InChI=1S/C13H16ClN3S/c1-15-12(10-7-16-17(2)8-10)9-18-13-6-4-3-5-11(13)14/h3-8,12,15H,9H2,1-2H3. The summed E-state index contributed by atoms with van der Waals surface area (Å²) in [6.07, 6.45) is 3.93. The van der Waals surface area contributed by atoms with Gasteiger partial charge in [0.2, 0.25) is 0 Å². The number of aromatic nitrogens is 2. The van der Waals surface area contributed by atoms with Gasteiger partial charge in [-0.15, -0.1) is 11.8 Å². The van der Waals surface area contributed by atoms with Gasteiger partial charge in [-0.1, -0.05) is 23.7 Å². The highest BCUT2D eigenvalue weighted by molar-refractivity contribution is 7.99. The van der Waals surface area contributed by atoms with Gasteiger partial charge in [0.1, 0.15) is 0 Å². The Morgan fingerprint density at radius 3 is 2.83 bits per heavy atom. The Hall–Kier alpha value is -0.970. The normalized spacial score (nSPS) is 12.6. The van der Waals surface area contributed by atoms with Crippen molar-refractivity contribution in [3.8, 4) is 0 Å². The van der Waals surface area contributed by atoms with E-state index in [2.05, 4.69) is 10.4 Å². The van der Waals surface area contributed by atoms with Gasteiger partial charge in [0.15, 0.2) is 0 Å². The molecule has 3 nitrogen and oxygen atoms in total. The van der Waals surface area contributed by atoms with Gasteiger partial charge in [0.05, 0.1) is 11.2 Å². The molecule has 1 N–H and O–H groups in total. The van der Waals surface area contributed by atoms with E-state index in [1.54, 1.807) is 11.8 Å². The van der Waals surface area contributed by atoms with Crippen molar-refractivity contribution in [2.45, 2.75) is 10.9 Å². The minimum atomic E-state index is 0.278. The molecule has 1 aromatic carbocycles. The molecule has 5 heteroatoms. The van der Waals surface area contributed by atoms with E-state index in [1.807, 2.05) is 55.4 Å². The zero-order valence-electron chi connectivity index (χ0n) is 10.4. The van der Waals surface area contributed by atoms with Crippen LogP contribution in [0.4, 0.5) is 0 Å². The number of thioether (sulfide) groups is 1. The lowest BCUT2D eigenvalue weighted by atomic mass is 10.2. The van der Waals surface area contributed by atoms with Crippen LogP contribution in [0.5, 0.6) is 0 Å². The molecule has 0 bridgehead atoms. The van der Waals surface area contributed by atoms with Crippen LogP contribution in [0.1, 0.15) is 11.6 Å². The molecule has 0 spiro atoms. The Balaban J connectivity index is 2.02. The number of aryl methyl sites for hydroxylation is 1. The summed E-state index contributed by atoms with van der Waals surface area (Å²) in [5, 5.41) is 8.31. The third-order valence-corrected chi connectivity index (χ3v) is 4.33. The van der Waals surface area contributed by atoms with Crippen LogP contribution in [0.15, 0.2) is 41.6 Å². The van der Waals surface area contributed by atoms with Gasteiger partial charge in [-0.3, -0.25) is 4.68 Å². The topological polar surface area (TPSA) is 29.9 Å². The van der Waals surface area contributed by atoms with Gasteiger partial charge in [0.25, 0.3) is 0 Å². The van der Waals surface area contributed by atoms with Crippen molar-refractivity contribution in [2.24, 2.45) is 7.05 Å². The summed E-state index contributed by atoms with van der Waals surface area (Å²) in [4.78, 5) is 1.11. The molecule has 0 fully saturated rings. The Kier molecular flexibility index (Phi) is 4.69. The van der Waals surface area contributed by atoms with Crippen molar-refractivity contribution in [1.82, 2.24) is 15.1 Å². The van der Waals surface area contributed by atoms with Crippen LogP contribution in [0.3, 0.4) is 0 Å². The fourth-order valence-corrected chi connectivity index (χ4v) is 3.09. The number of nitrogens with zero attached hydrogens (tertiary/aromatic N) is 2. The predicted molar refractivity (Wildman–Crippen MR) is 77.2 cm³/mol. The maximum atomic E-state index is 6.14. The molecule has 0 saturated heterocycles. The third kappa shape index (κ3) is 3.28. The van der Waals surface area contributed by atoms with E-state index in [4.69, 9.17) is 11.6 Å². The molecule has 0 radical (unpaired) electrons. The molecule has 1 heterocycles. The summed E-state index contributed by atoms with van der Waals surface area (Å²) in [5.74, 6) is 0.923. The number of hydrogen-bond acceptors (Lipinski definition) is 3. The van der Waals surface area contributed by atoms with Crippen LogP contribution in [-0.2, 0) is 7.05 Å². The van der Waals surface area contributed by atoms with E-state index in [9.17, 15) is 0 Å². The minimum absolute atomic E-state index is 0.278. The summed E-state index contributed by atoms with van der Waals surface area (Å²) in [6.45, 7) is 0. The number of hydrogen-bond donors (Lipinski definition) is 1. The van der Waals surface area contributed by atoms with Crippen molar-refractivity contribution >= 4 is 23.4 Å². The lowest BCUT2D eigenvalue weighted by molar-refractivity contribution is 0.660. The van der Waals surface area contributed by atoms with Gasteiger partial charge < -0.3 is 5.32 Å². The van der Waals surface area contributed by atoms with Crippen molar-refractivity contribution in [3.05, 3.63) is 47.2 Å². The van der Waals surface area contributed by atoms with E-state index < -0.39 is 0 Å². The highest BCUT2D eigenvalue weighted by atomic mass is 35.5. The molecule has 0 amide bonds. The van der Waals surface area contributed by atoms with Crippen LogP contribution >= 0.6 is 23.4 Å². The van der Waals surface area contributed by atoms with Crippen molar-refractivity contribution in [2.75, 3.05) is 12.8 Å². The Morgan fingerprint density at radius 1 is 1.44 bits per heavy atom. The molecule has 2 aromatic rings. The molecule has 18 heavy (non-hydrogen) atoms. The van der Waals surface area contributed by atoms with Crippen LogP contribution in [-0.4, -0.2) is 22.6 Å². The van der Waals surface area contributed by atoms with Gasteiger partial charge >= 0.3 is 0 Å². The highest BCUT2D eigenvalue weighted by Gasteiger charge is 2.12. The summed E-state index contributed by atoms with van der Waals surface area (Å²) >= 11 is 7.90. The largest absolute Gasteiger partial charge is 0.312 e. The fourth-order valence-electron chi connectivity index (χ4n) is 1.70. The summed E-state index contributed by atoms with van der Waals surface area (Å²) in [7, 11) is 3.89. The Labute approximate surface area is 117 Å². The van der Waals surface area contributed by atoms with E-state index >= 15 is 0 Å². The molecule has 1 atom stereocenters. The van der Waals surface area contributed by atoms with Crippen LogP contribution in [0, 0.1) is 0 Å². The molecule has 0 aliphatic heterocycles. The first-order valence-corrected chi connectivity index (χ1v) is 7.10. The van der Waals surface area contributed by atoms with Gasteiger partial charge in [-0.25, -0.2) is 0 Å². The van der Waals surface area contributed by atoms with E-state index in [0.717, 1.165) is 15.7 Å². The summed E-state index contributed by atoms with van der Waals surface area (Å²) < 4.78 is 1.82. The van der Waals surface area contributed by atoms with Crippen LogP contribution in [0.25, 0.3) is 0 Å². The Bertz CT molecular complexity index is 512. The molecule has 1 unspecified atom stereocenters. The molecular weight excluding hydrogens is 266 g/mol. The second-order valence-electron chi connectivity index (χ2n) is 4.03. The molecule has 0 aliphatic carbocycles. The van der Waals surface area contributed by atoms with Crippen molar-refractivity contribution < 1.29 is 0 Å². The molecule has 96 valence electrons. The number of nitrogens with one attached hydrogen (secondary N) is 1. The molecule has 2 rings (SSSR count). The zero-order chi connectivity index (χ0) is 13.0. The van der Waals surface area contributed by atoms with Crippen LogP contribution < -0.4 is 5.32 Å². The second kappa shape index (κ2) is 6.27. The average molecular weight is 282 g/mol. The summed E-state index contributed by atoms with van der Waals surface area (Å²) in [5.41, 5.74) is 1.19. The van der Waals surface area contributed by atoms with Gasteiger partial charge in [-0.05, 0) is 19.2 Å². The molecular formula is C13H16ClN3S. The van der Waals surface area contributed by atoms with E-state index in [1.165, 1.54) is 5.56 Å². The number of benzene rings is 1. The first kappa shape index (κ1) is 13.5. The first-order chi connectivity index (χ1) is 8.70. The molecule has 0 aliphatic rings. The molecule has 0 saturated carbocycles. The SMILES string of the molecule is CNC(CSc1ccccc1Cl)c1cnn(C)c1. The quantitative estimate of drug-likeness (QED) is 0.854. The minimum Gasteiger partial charge on any atom is -0.312 e. The maximum Gasteiger partial charge on any atom is 0.0541 e. The fraction of sp³-hybridized carbons (Fsp3) is 0.308.